The van der Waals surface area contributed by atoms with Crippen LogP contribution in [0.1, 0.15) is 87.0 Å². The van der Waals surface area contributed by atoms with Gasteiger partial charge in [-0.15, -0.1) is 0 Å². The molecule has 0 aromatic heterocycles. The lowest BCUT2D eigenvalue weighted by molar-refractivity contribution is -0.145. The van der Waals surface area contributed by atoms with Crippen LogP contribution in [0, 0.1) is 22.7 Å². The van der Waals surface area contributed by atoms with Gasteiger partial charge in [-0.25, -0.2) is 4.79 Å². The Morgan fingerprint density at radius 2 is 1.65 bits per heavy atom. The Morgan fingerprint density at radius 3 is 2.19 bits per heavy atom. The molecule has 10 heteroatoms. The van der Waals surface area contributed by atoms with Crippen molar-refractivity contribution in [2.75, 3.05) is 13.1 Å². The number of nitrogens with zero attached hydrogens (tertiary/aromatic N) is 1. The van der Waals surface area contributed by atoms with Crippen molar-refractivity contribution in [3.8, 4) is 0 Å². The van der Waals surface area contributed by atoms with E-state index >= 15 is 0 Å². The van der Waals surface area contributed by atoms with E-state index in [4.69, 9.17) is 5.73 Å². The molecule has 5 amide bonds. The maximum atomic E-state index is 13.9. The number of hydrogen-bond donors (Lipinski definition) is 4. The average Bonchev–Trinajstić information content (AvgIpc) is 3.14. The molecule has 1 aliphatic carbocycles. The maximum absolute atomic E-state index is 13.9. The fourth-order valence-corrected chi connectivity index (χ4v) is 5.55. The van der Waals surface area contributed by atoms with Gasteiger partial charge in [0.2, 0.25) is 17.6 Å². The van der Waals surface area contributed by atoms with Gasteiger partial charge >= 0.3 is 6.03 Å². The number of carbonyl (C=O) groups is 5. The van der Waals surface area contributed by atoms with Crippen molar-refractivity contribution >= 4 is 29.5 Å². The topological polar surface area (TPSA) is 151 Å². The monoisotopic (exact) mass is 521 g/mol. The molecule has 0 radical (unpaired) electrons. The molecule has 2 fully saturated rings. The second-order valence-corrected chi connectivity index (χ2v) is 12.2. The van der Waals surface area contributed by atoms with Crippen LogP contribution < -0.4 is 21.7 Å². The van der Waals surface area contributed by atoms with E-state index in [1.165, 1.54) is 0 Å². The van der Waals surface area contributed by atoms with Gasteiger partial charge in [0, 0.05) is 13.1 Å². The number of urea groups is 1. The zero-order valence-electron chi connectivity index (χ0n) is 23.6. The number of carbonyl (C=O) groups excluding carboxylic acids is 5. The zero-order valence-corrected chi connectivity index (χ0v) is 23.6. The molecule has 5 atom stereocenters. The van der Waals surface area contributed by atoms with Gasteiger partial charge in [0.1, 0.15) is 12.1 Å². The maximum Gasteiger partial charge on any atom is 0.315 e. The van der Waals surface area contributed by atoms with Crippen LogP contribution in [0.4, 0.5) is 4.79 Å². The van der Waals surface area contributed by atoms with Gasteiger partial charge in [-0.05, 0) is 35.5 Å². The Hall–Kier alpha value is -2.65. The van der Waals surface area contributed by atoms with Crippen molar-refractivity contribution in [2.45, 2.75) is 105 Å². The SMILES string of the molecule is CCCCCCNC(=O)N[C@H](C(=O)N1C[C@H]2C([C@H]1C(=O)NC(CCC)C(=O)C(N)=O)C2(C)C)C(C)(C)C. The molecule has 10 nitrogen and oxygen atoms in total. The van der Waals surface area contributed by atoms with Crippen LogP contribution in [-0.4, -0.2) is 65.7 Å². The molecule has 1 saturated heterocycles. The first-order chi connectivity index (χ1) is 17.2. The van der Waals surface area contributed by atoms with Gasteiger partial charge in [-0.1, -0.05) is 74.1 Å². The lowest BCUT2D eigenvalue weighted by Gasteiger charge is -2.37. The highest BCUT2D eigenvalue weighted by molar-refractivity contribution is 6.37. The summed E-state index contributed by atoms with van der Waals surface area (Å²) in [6.07, 6.45) is 4.94. The first-order valence-corrected chi connectivity index (χ1v) is 13.7. The van der Waals surface area contributed by atoms with Crippen LogP contribution in [0.15, 0.2) is 0 Å². The van der Waals surface area contributed by atoms with E-state index in [2.05, 4.69) is 36.7 Å². The van der Waals surface area contributed by atoms with E-state index in [9.17, 15) is 24.0 Å². The highest BCUT2D eigenvalue weighted by atomic mass is 16.2. The van der Waals surface area contributed by atoms with E-state index in [0.29, 0.717) is 19.5 Å². The molecule has 0 bridgehead atoms. The van der Waals surface area contributed by atoms with Gasteiger partial charge < -0.3 is 26.6 Å². The number of rotatable bonds is 13. The molecule has 2 aliphatic rings. The number of nitrogens with two attached hydrogens (primary N) is 1. The molecule has 210 valence electrons. The van der Waals surface area contributed by atoms with Crippen LogP contribution >= 0.6 is 0 Å². The number of piperidine rings is 1. The first-order valence-electron chi connectivity index (χ1n) is 13.7. The number of fused-ring (bicyclic) bond motifs is 1. The Balaban J connectivity index is 2.20. The van der Waals surface area contributed by atoms with Crippen LogP contribution in [0.25, 0.3) is 0 Å². The van der Waals surface area contributed by atoms with Crippen molar-refractivity contribution in [1.82, 2.24) is 20.9 Å². The fourth-order valence-electron chi connectivity index (χ4n) is 5.55. The van der Waals surface area contributed by atoms with Gasteiger partial charge in [-0.2, -0.15) is 0 Å². The van der Waals surface area contributed by atoms with E-state index in [-0.39, 0.29) is 29.6 Å². The van der Waals surface area contributed by atoms with E-state index in [1.807, 2.05) is 27.7 Å². The van der Waals surface area contributed by atoms with Crippen LogP contribution in [-0.2, 0) is 19.2 Å². The molecular formula is C27H47N5O5. The van der Waals surface area contributed by atoms with E-state index < -0.39 is 47.2 Å². The van der Waals surface area contributed by atoms with Gasteiger partial charge in [0.05, 0.1) is 6.04 Å². The lowest BCUT2D eigenvalue weighted by atomic mass is 9.85. The Bertz CT molecular complexity index is 881. The Kier molecular flexibility index (Phi) is 10.1. The minimum Gasteiger partial charge on any atom is -0.363 e. The summed E-state index contributed by atoms with van der Waals surface area (Å²) >= 11 is 0. The molecule has 0 spiro atoms. The highest BCUT2D eigenvalue weighted by Gasteiger charge is 2.69. The van der Waals surface area contributed by atoms with Crippen molar-refractivity contribution in [3.05, 3.63) is 0 Å². The molecule has 1 heterocycles. The molecule has 5 N–H and O–H groups in total. The van der Waals surface area contributed by atoms with Gasteiger partial charge in [0.25, 0.3) is 5.91 Å². The number of nitrogens with one attached hydrogen (secondary N) is 3. The quantitative estimate of drug-likeness (QED) is 0.216. The number of Topliss-reactive ketones (excluding diaryl/α,β-unsaturated/α-hetero) is 1. The van der Waals surface area contributed by atoms with E-state index in [1.54, 1.807) is 4.90 Å². The highest BCUT2D eigenvalue weighted by Crippen LogP contribution is 2.65. The number of ketones is 1. The van der Waals surface area contributed by atoms with Crippen LogP contribution in [0.3, 0.4) is 0 Å². The third-order valence-corrected chi connectivity index (χ3v) is 7.92. The number of hydrogen-bond acceptors (Lipinski definition) is 5. The zero-order chi connectivity index (χ0) is 28.1. The normalized spacial score (nSPS) is 23.4. The minimum absolute atomic E-state index is 0.0737. The summed E-state index contributed by atoms with van der Waals surface area (Å²) in [5, 5.41) is 8.38. The summed E-state index contributed by atoms with van der Waals surface area (Å²) in [6.45, 7) is 14.6. The first kappa shape index (κ1) is 30.6. The Morgan fingerprint density at radius 1 is 1.00 bits per heavy atom. The lowest BCUT2D eigenvalue weighted by Crippen LogP contribution is -2.61. The van der Waals surface area contributed by atoms with Gasteiger partial charge in [0.15, 0.2) is 0 Å². The third kappa shape index (κ3) is 7.23. The van der Waals surface area contributed by atoms with Crippen molar-refractivity contribution in [1.29, 1.82) is 0 Å². The largest absolute Gasteiger partial charge is 0.363 e. The van der Waals surface area contributed by atoms with Crippen molar-refractivity contribution in [2.24, 2.45) is 28.4 Å². The summed E-state index contributed by atoms with van der Waals surface area (Å²) in [5.41, 5.74) is 4.46. The third-order valence-electron chi connectivity index (χ3n) is 7.92. The average molecular weight is 522 g/mol. The number of unbranched alkanes of at least 4 members (excludes halogenated alkanes) is 3. The predicted octanol–water partition coefficient (Wildman–Crippen LogP) is 2.10. The van der Waals surface area contributed by atoms with Crippen molar-refractivity contribution < 1.29 is 24.0 Å². The fraction of sp³-hybridized carbons (Fsp3) is 0.815. The summed E-state index contributed by atoms with van der Waals surface area (Å²) in [7, 11) is 0. The summed E-state index contributed by atoms with van der Waals surface area (Å²) < 4.78 is 0. The second-order valence-electron chi connectivity index (χ2n) is 12.2. The number of amides is 5. The molecule has 1 aliphatic heterocycles. The van der Waals surface area contributed by atoms with Crippen LogP contribution in [0.5, 0.6) is 0 Å². The summed E-state index contributed by atoms with van der Waals surface area (Å²) in [4.78, 5) is 65.4. The number of likely N-dealkylation sites (tertiary alicyclic amines) is 1. The summed E-state index contributed by atoms with van der Waals surface area (Å²) in [5.74, 6) is -2.67. The van der Waals surface area contributed by atoms with Gasteiger partial charge in [-0.3, -0.25) is 19.2 Å². The minimum atomic E-state index is -1.10. The molecule has 2 rings (SSSR count). The molecule has 0 aromatic rings. The predicted molar refractivity (Wildman–Crippen MR) is 141 cm³/mol. The van der Waals surface area contributed by atoms with Crippen molar-refractivity contribution in [3.63, 3.8) is 0 Å². The molecular weight excluding hydrogens is 474 g/mol. The molecule has 2 unspecified atom stereocenters. The molecule has 1 saturated carbocycles. The second kappa shape index (κ2) is 12.3. The summed E-state index contributed by atoms with van der Waals surface area (Å²) in [6, 6.07) is -3.08. The number of primary amides is 1. The Labute approximate surface area is 221 Å². The van der Waals surface area contributed by atoms with Crippen LogP contribution in [0.2, 0.25) is 0 Å². The molecule has 37 heavy (non-hydrogen) atoms. The molecule has 0 aromatic carbocycles. The smallest absolute Gasteiger partial charge is 0.315 e. The van der Waals surface area contributed by atoms with E-state index in [0.717, 1.165) is 25.7 Å². The standard InChI is InChI=1S/C27H47N5O5/c1-8-10-11-12-14-29-25(37)31-21(26(3,4)5)24(36)32-15-16-18(27(16,6)7)19(32)23(35)30-17(13-9-2)20(33)22(28)34/h16-19,21H,8-15H2,1-7H3,(H2,28,34)(H,30,35)(H2,29,31,37)/t16-,17?,18?,19-,21+/m0/s1.